The Labute approximate surface area is 146 Å². The third-order valence-electron chi connectivity index (χ3n) is 4.14. The van der Waals surface area contributed by atoms with E-state index in [2.05, 4.69) is 35.1 Å². The van der Waals surface area contributed by atoms with Crippen LogP contribution >= 0.6 is 0 Å². The number of anilines is 4. The SMILES string of the molecule is c1ccc(Nc2cc(N3CCN(c4ncccn4)CC3)ncn2)cc1. The predicted octanol–water partition coefficient (Wildman–Crippen LogP) is 2.34. The van der Waals surface area contributed by atoms with Crippen LogP contribution in [-0.4, -0.2) is 46.1 Å². The van der Waals surface area contributed by atoms with E-state index in [9.17, 15) is 0 Å². The van der Waals surface area contributed by atoms with Crippen LogP contribution in [0.2, 0.25) is 0 Å². The number of hydrogen-bond acceptors (Lipinski definition) is 7. The average molecular weight is 333 g/mol. The zero-order chi connectivity index (χ0) is 16.9. The molecule has 0 bridgehead atoms. The molecule has 4 rings (SSSR count). The van der Waals surface area contributed by atoms with Crippen molar-refractivity contribution in [3.8, 4) is 0 Å². The lowest BCUT2D eigenvalue weighted by Crippen LogP contribution is -2.47. The lowest BCUT2D eigenvalue weighted by Gasteiger charge is -2.35. The monoisotopic (exact) mass is 333 g/mol. The molecule has 1 aliphatic rings. The fourth-order valence-corrected chi connectivity index (χ4v) is 2.85. The first-order valence-electron chi connectivity index (χ1n) is 8.29. The molecule has 3 heterocycles. The van der Waals surface area contributed by atoms with Crippen molar-refractivity contribution in [2.24, 2.45) is 0 Å². The van der Waals surface area contributed by atoms with E-state index in [-0.39, 0.29) is 0 Å². The quantitative estimate of drug-likeness (QED) is 0.786. The molecule has 0 saturated carbocycles. The summed E-state index contributed by atoms with van der Waals surface area (Å²) in [5, 5.41) is 3.31. The van der Waals surface area contributed by atoms with E-state index in [0.717, 1.165) is 49.5 Å². The van der Waals surface area contributed by atoms with Crippen LogP contribution in [0.15, 0.2) is 61.2 Å². The van der Waals surface area contributed by atoms with E-state index < -0.39 is 0 Å². The summed E-state index contributed by atoms with van der Waals surface area (Å²) in [4.78, 5) is 21.8. The molecule has 7 heteroatoms. The van der Waals surface area contributed by atoms with Crippen molar-refractivity contribution in [1.29, 1.82) is 0 Å². The molecule has 7 nitrogen and oxygen atoms in total. The molecular formula is C18H19N7. The van der Waals surface area contributed by atoms with E-state index >= 15 is 0 Å². The van der Waals surface area contributed by atoms with Gasteiger partial charge in [-0.3, -0.25) is 0 Å². The van der Waals surface area contributed by atoms with Gasteiger partial charge in [-0.05, 0) is 18.2 Å². The van der Waals surface area contributed by atoms with Crippen LogP contribution in [-0.2, 0) is 0 Å². The van der Waals surface area contributed by atoms with Crippen LogP contribution in [0.25, 0.3) is 0 Å². The fraction of sp³-hybridized carbons (Fsp3) is 0.222. The van der Waals surface area contributed by atoms with Crippen molar-refractivity contribution in [3.63, 3.8) is 0 Å². The first-order chi connectivity index (χ1) is 12.4. The number of nitrogens with one attached hydrogen (secondary N) is 1. The largest absolute Gasteiger partial charge is 0.353 e. The van der Waals surface area contributed by atoms with Gasteiger partial charge in [0.1, 0.15) is 18.0 Å². The summed E-state index contributed by atoms with van der Waals surface area (Å²) in [6.07, 6.45) is 5.16. The molecule has 3 aromatic rings. The van der Waals surface area contributed by atoms with Gasteiger partial charge in [0.15, 0.2) is 0 Å². The molecule has 0 unspecified atom stereocenters. The average Bonchev–Trinajstić information content (AvgIpc) is 2.70. The van der Waals surface area contributed by atoms with Gasteiger partial charge >= 0.3 is 0 Å². The van der Waals surface area contributed by atoms with Crippen molar-refractivity contribution < 1.29 is 0 Å². The summed E-state index contributed by atoms with van der Waals surface area (Å²) >= 11 is 0. The second-order valence-electron chi connectivity index (χ2n) is 5.78. The van der Waals surface area contributed by atoms with Crippen molar-refractivity contribution in [2.45, 2.75) is 0 Å². The van der Waals surface area contributed by atoms with E-state index in [1.165, 1.54) is 0 Å². The number of hydrogen-bond donors (Lipinski definition) is 1. The Bertz CT molecular complexity index is 802. The number of benzene rings is 1. The molecule has 1 aromatic carbocycles. The Morgan fingerprint density at radius 3 is 2.24 bits per heavy atom. The van der Waals surface area contributed by atoms with Gasteiger partial charge < -0.3 is 15.1 Å². The first kappa shape index (κ1) is 15.3. The summed E-state index contributed by atoms with van der Waals surface area (Å²) in [7, 11) is 0. The molecule has 0 radical (unpaired) electrons. The molecule has 0 spiro atoms. The molecule has 1 fully saturated rings. The van der Waals surface area contributed by atoms with Crippen LogP contribution in [0.3, 0.4) is 0 Å². The highest BCUT2D eigenvalue weighted by Crippen LogP contribution is 2.20. The van der Waals surface area contributed by atoms with Crippen LogP contribution in [0, 0.1) is 0 Å². The zero-order valence-corrected chi connectivity index (χ0v) is 13.8. The third-order valence-corrected chi connectivity index (χ3v) is 4.14. The number of nitrogens with zero attached hydrogens (tertiary/aromatic N) is 6. The van der Waals surface area contributed by atoms with Crippen molar-refractivity contribution in [3.05, 3.63) is 61.2 Å². The number of rotatable bonds is 4. The molecule has 2 aromatic heterocycles. The minimum atomic E-state index is 0.788. The maximum absolute atomic E-state index is 4.43. The molecule has 126 valence electrons. The number of aromatic nitrogens is 4. The fourth-order valence-electron chi connectivity index (χ4n) is 2.85. The van der Waals surface area contributed by atoms with Crippen molar-refractivity contribution in [1.82, 2.24) is 19.9 Å². The van der Waals surface area contributed by atoms with E-state index in [4.69, 9.17) is 0 Å². The molecule has 0 amide bonds. The van der Waals surface area contributed by atoms with Gasteiger partial charge in [-0.15, -0.1) is 0 Å². The summed E-state index contributed by atoms with van der Waals surface area (Å²) in [5.41, 5.74) is 1.01. The predicted molar refractivity (Wildman–Crippen MR) is 98.2 cm³/mol. The van der Waals surface area contributed by atoms with Gasteiger partial charge in [0.2, 0.25) is 5.95 Å². The normalized spacial score (nSPS) is 14.4. The zero-order valence-electron chi connectivity index (χ0n) is 13.8. The van der Waals surface area contributed by atoms with Crippen LogP contribution in [0.5, 0.6) is 0 Å². The Morgan fingerprint density at radius 2 is 1.48 bits per heavy atom. The molecule has 1 N–H and O–H groups in total. The Morgan fingerprint density at radius 1 is 0.760 bits per heavy atom. The molecule has 25 heavy (non-hydrogen) atoms. The van der Waals surface area contributed by atoms with Gasteiger partial charge in [-0.1, -0.05) is 18.2 Å². The minimum Gasteiger partial charge on any atom is -0.353 e. The van der Waals surface area contributed by atoms with Crippen LogP contribution in [0.1, 0.15) is 0 Å². The smallest absolute Gasteiger partial charge is 0.225 e. The van der Waals surface area contributed by atoms with Gasteiger partial charge in [-0.25, -0.2) is 19.9 Å². The minimum absolute atomic E-state index is 0.788. The van der Waals surface area contributed by atoms with Crippen molar-refractivity contribution in [2.75, 3.05) is 41.3 Å². The highest BCUT2D eigenvalue weighted by Gasteiger charge is 2.20. The summed E-state index contributed by atoms with van der Waals surface area (Å²) in [5.74, 6) is 2.52. The Balaban J connectivity index is 1.42. The summed E-state index contributed by atoms with van der Waals surface area (Å²) < 4.78 is 0. The Kier molecular flexibility index (Phi) is 4.37. The molecule has 1 aliphatic heterocycles. The Hall–Kier alpha value is -3.22. The lowest BCUT2D eigenvalue weighted by atomic mass is 10.3. The summed E-state index contributed by atoms with van der Waals surface area (Å²) in [6.45, 7) is 3.49. The molecule has 0 atom stereocenters. The molecular weight excluding hydrogens is 314 g/mol. The highest BCUT2D eigenvalue weighted by atomic mass is 15.3. The maximum atomic E-state index is 4.43. The van der Waals surface area contributed by atoms with E-state index in [1.807, 2.05) is 42.5 Å². The van der Waals surface area contributed by atoms with Gasteiger partial charge in [0, 0.05) is 50.3 Å². The lowest BCUT2D eigenvalue weighted by molar-refractivity contribution is 0.634. The second-order valence-corrected chi connectivity index (χ2v) is 5.78. The topological polar surface area (TPSA) is 70.1 Å². The van der Waals surface area contributed by atoms with Crippen LogP contribution in [0.4, 0.5) is 23.3 Å². The van der Waals surface area contributed by atoms with E-state index in [0.29, 0.717) is 0 Å². The third kappa shape index (κ3) is 3.65. The van der Waals surface area contributed by atoms with Crippen LogP contribution < -0.4 is 15.1 Å². The standard InChI is InChI=1S/C18H19N7/c1-2-5-15(6-3-1)23-16-13-17(22-14-21-16)24-9-11-25(12-10-24)18-19-7-4-8-20-18/h1-8,13-14H,9-12H2,(H,21,22,23). The van der Waals surface area contributed by atoms with Gasteiger partial charge in [0.05, 0.1) is 0 Å². The first-order valence-corrected chi connectivity index (χ1v) is 8.29. The summed E-state index contributed by atoms with van der Waals surface area (Å²) in [6, 6.07) is 13.8. The van der Waals surface area contributed by atoms with E-state index in [1.54, 1.807) is 18.7 Å². The number of piperazine rings is 1. The molecule has 1 saturated heterocycles. The van der Waals surface area contributed by atoms with Crippen molar-refractivity contribution >= 4 is 23.3 Å². The van der Waals surface area contributed by atoms with Gasteiger partial charge in [0.25, 0.3) is 0 Å². The highest BCUT2D eigenvalue weighted by molar-refractivity contribution is 5.59. The maximum Gasteiger partial charge on any atom is 0.225 e. The molecule has 0 aliphatic carbocycles. The number of para-hydroxylation sites is 1. The van der Waals surface area contributed by atoms with Gasteiger partial charge in [-0.2, -0.15) is 0 Å². The second kappa shape index (κ2) is 7.12.